The standard InChI is InChI=1S/C26H29F3N6O2/c27-26(28,29)24-32-31-21-16-34(11-12-35(21)24)23(37)14-25(8-3-4-9-25)13-22(36)33-10-7-18-17-5-1-2-6-19(17)30-20(18)15-33/h1-2,5-6,30H,3-4,7-16H2. The van der Waals surface area contributed by atoms with Crippen molar-refractivity contribution in [1.29, 1.82) is 0 Å². The van der Waals surface area contributed by atoms with E-state index < -0.39 is 17.4 Å². The number of nitrogens with zero attached hydrogens (tertiary/aromatic N) is 5. The van der Waals surface area contributed by atoms with Crippen molar-refractivity contribution in [2.24, 2.45) is 5.41 Å². The zero-order valence-electron chi connectivity index (χ0n) is 20.5. The largest absolute Gasteiger partial charge is 0.451 e. The molecule has 1 saturated carbocycles. The Balaban J connectivity index is 1.13. The predicted octanol–water partition coefficient (Wildman–Crippen LogP) is 4.05. The Bertz CT molecular complexity index is 1350. The first-order chi connectivity index (χ1) is 17.7. The number of rotatable bonds is 4. The summed E-state index contributed by atoms with van der Waals surface area (Å²) in [6.45, 7) is 1.38. The highest BCUT2D eigenvalue weighted by atomic mass is 19.4. The molecule has 6 rings (SSSR count). The summed E-state index contributed by atoms with van der Waals surface area (Å²) in [7, 11) is 0. The van der Waals surface area contributed by atoms with Crippen molar-refractivity contribution in [3.05, 3.63) is 47.2 Å². The smallest absolute Gasteiger partial charge is 0.357 e. The van der Waals surface area contributed by atoms with Gasteiger partial charge in [-0.3, -0.25) is 9.59 Å². The van der Waals surface area contributed by atoms with E-state index in [1.807, 2.05) is 23.1 Å². The number of carbonyl (C=O) groups excluding carboxylic acids is 2. The minimum Gasteiger partial charge on any atom is -0.357 e. The van der Waals surface area contributed by atoms with Crippen LogP contribution in [-0.4, -0.2) is 54.5 Å². The van der Waals surface area contributed by atoms with Gasteiger partial charge in [0.05, 0.1) is 13.1 Å². The van der Waals surface area contributed by atoms with Gasteiger partial charge in [-0.05, 0) is 36.3 Å². The lowest BCUT2D eigenvalue weighted by atomic mass is 9.78. The first kappa shape index (κ1) is 24.0. The quantitative estimate of drug-likeness (QED) is 0.569. The van der Waals surface area contributed by atoms with E-state index in [2.05, 4.69) is 21.2 Å². The Kier molecular flexibility index (Phi) is 5.76. The molecule has 0 spiro atoms. The minimum atomic E-state index is -4.58. The highest BCUT2D eigenvalue weighted by molar-refractivity contribution is 5.86. The third-order valence-corrected chi connectivity index (χ3v) is 8.31. The van der Waals surface area contributed by atoms with Crippen LogP contribution in [0.25, 0.3) is 10.9 Å². The molecule has 196 valence electrons. The van der Waals surface area contributed by atoms with Crippen LogP contribution in [0.3, 0.4) is 0 Å². The van der Waals surface area contributed by atoms with Crippen LogP contribution in [0.4, 0.5) is 13.2 Å². The van der Waals surface area contributed by atoms with Gasteiger partial charge in [-0.2, -0.15) is 13.2 Å². The van der Waals surface area contributed by atoms with E-state index in [9.17, 15) is 22.8 Å². The molecule has 0 saturated heterocycles. The van der Waals surface area contributed by atoms with Gasteiger partial charge in [0, 0.05) is 49.1 Å². The number of benzene rings is 1. The average molecular weight is 515 g/mol. The summed E-state index contributed by atoms with van der Waals surface area (Å²) in [4.78, 5) is 33.7. The fraction of sp³-hybridized carbons (Fsp3) is 0.538. The van der Waals surface area contributed by atoms with E-state index in [-0.39, 0.29) is 43.7 Å². The summed E-state index contributed by atoms with van der Waals surface area (Å²) in [5.41, 5.74) is 3.03. The number of aromatic nitrogens is 4. The second kappa shape index (κ2) is 8.88. The number of H-pyrrole nitrogens is 1. The van der Waals surface area contributed by atoms with Crippen LogP contribution in [-0.2, 0) is 41.8 Å². The number of nitrogens with one attached hydrogen (secondary N) is 1. The van der Waals surface area contributed by atoms with Gasteiger partial charge in [0.1, 0.15) is 0 Å². The Hall–Kier alpha value is -3.37. The second-order valence-electron chi connectivity index (χ2n) is 10.7. The molecule has 1 N–H and O–H groups in total. The van der Waals surface area contributed by atoms with Crippen LogP contribution >= 0.6 is 0 Å². The van der Waals surface area contributed by atoms with Gasteiger partial charge < -0.3 is 19.4 Å². The number of hydrogen-bond donors (Lipinski definition) is 1. The van der Waals surface area contributed by atoms with Crippen LogP contribution in [0.15, 0.2) is 24.3 Å². The van der Waals surface area contributed by atoms with Crippen molar-refractivity contribution in [2.75, 3.05) is 13.1 Å². The van der Waals surface area contributed by atoms with Crippen molar-refractivity contribution in [1.82, 2.24) is 29.5 Å². The minimum absolute atomic E-state index is 0.00122. The number of fused-ring (bicyclic) bond motifs is 4. The van der Waals surface area contributed by atoms with Gasteiger partial charge in [-0.25, -0.2) is 0 Å². The molecule has 1 fully saturated rings. The molecule has 4 heterocycles. The SMILES string of the molecule is O=C(CC1(CC(=O)N2CCn3c(nnc3C(F)(F)F)C2)CCCC1)N1CCc2c([nH]c3ccccc23)C1. The Morgan fingerprint density at radius 3 is 2.38 bits per heavy atom. The molecule has 0 bridgehead atoms. The van der Waals surface area contributed by atoms with E-state index in [4.69, 9.17) is 0 Å². The third kappa shape index (κ3) is 4.38. The summed E-state index contributed by atoms with van der Waals surface area (Å²) in [6, 6.07) is 8.17. The van der Waals surface area contributed by atoms with Gasteiger partial charge in [-0.1, -0.05) is 31.0 Å². The monoisotopic (exact) mass is 514 g/mol. The molecule has 8 nitrogen and oxygen atoms in total. The molecule has 3 aliphatic rings. The molecule has 11 heteroatoms. The predicted molar refractivity (Wildman–Crippen MR) is 128 cm³/mol. The van der Waals surface area contributed by atoms with E-state index in [1.54, 1.807) is 4.90 Å². The maximum Gasteiger partial charge on any atom is 0.451 e. The second-order valence-corrected chi connectivity index (χ2v) is 10.7. The lowest BCUT2D eigenvalue weighted by molar-refractivity contribution is -0.148. The van der Waals surface area contributed by atoms with Crippen LogP contribution in [0.2, 0.25) is 0 Å². The molecule has 2 amide bonds. The fourth-order valence-corrected chi connectivity index (χ4v) is 6.39. The Morgan fingerprint density at radius 1 is 0.946 bits per heavy atom. The molecular formula is C26H29F3N6O2. The maximum atomic E-state index is 13.5. The third-order valence-electron chi connectivity index (χ3n) is 8.31. The van der Waals surface area contributed by atoms with Crippen LogP contribution in [0.1, 0.15) is 61.4 Å². The first-order valence-corrected chi connectivity index (χ1v) is 12.9. The lowest BCUT2D eigenvalue weighted by Gasteiger charge is -2.35. The number of hydrogen-bond acceptors (Lipinski definition) is 4. The lowest BCUT2D eigenvalue weighted by Crippen LogP contribution is -2.43. The number of aromatic amines is 1. The summed E-state index contributed by atoms with van der Waals surface area (Å²) in [5.74, 6) is -0.945. The van der Waals surface area contributed by atoms with Crippen LogP contribution < -0.4 is 0 Å². The van der Waals surface area contributed by atoms with E-state index >= 15 is 0 Å². The number of amides is 2. The molecule has 0 unspecified atom stereocenters. The zero-order chi connectivity index (χ0) is 25.8. The highest BCUT2D eigenvalue weighted by Gasteiger charge is 2.43. The summed E-state index contributed by atoms with van der Waals surface area (Å²) >= 11 is 0. The molecule has 2 aromatic heterocycles. The van der Waals surface area contributed by atoms with E-state index in [1.165, 1.54) is 10.9 Å². The van der Waals surface area contributed by atoms with Gasteiger partial charge in [0.15, 0.2) is 5.82 Å². The van der Waals surface area contributed by atoms with Gasteiger partial charge in [0.25, 0.3) is 0 Å². The number of para-hydroxylation sites is 1. The summed E-state index contributed by atoms with van der Waals surface area (Å²) < 4.78 is 40.5. The first-order valence-electron chi connectivity index (χ1n) is 12.9. The molecule has 2 aliphatic heterocycles. The average Bonchev–Trinajstić information content (AvgIpc) is 3.59. The number of halogens is 3. The Morgan fingerprint density at radius 2 is 1.65 bits per heavy atom. The normalized spacial score (nSPS) is 19.2. The molecule has 1 aliphatic carbocycles. The zero-order valence-corrected chi connectivity index (χ0v) is 20.5. The Labute approximate surface area is 211 Å². The summed E-state index contributed by atoms with van der Waals surface area (Å²) in [5, 5.41) is 8.19. The molecule has 0 atom stereocenters. The van der Waals surface area contributed by atoms with Crippen LogP contribution in [0, 0.1) is 5.41 Å². The fourth-order valence-electron chi connectivity index (χ4n) is 6.39. The maximum absolute atomic E-state index is 13.5. The van der Waals surface area contributed by atoms with Gasteiger partial charge in [0.2, 0.25) is 17.6 Å². The van der Waals surface area contributed by atoms with Gasteiger partial charge in [-0.15, -0.1) is 10.2 Å². The number of carbonyl (C=O) groups is 2. The molecule has 1 aromatic carbocycles. The highest BCUT2D eigenvalue weighted by Crippen LogP contribution is 2.45. The van der Waals surface area contributed by atoms with Gasteiger partial charge >= 0.3 is 6.18 Å². The molecule has 3 aromatic rings. The van der Waals surface area contributed by atoms with Crippen molar-refractivity contribution in [3.8, 4) is 0 Å². The molecule has 0 radical (unpaired) electrons. The number of alkyl halides is 3. The van der Waals surface area contributed by atoms with E-state index in [0.29, 0.717) is 19.5 Å². The summed E-state index contributed by atoms with van der Waals surface area (Å²) in [6.07, 6.45) is 0.308. The van der Waals surface area contributed by atoms with Crippen molar-refractivity contribution < 1.29 is 22.8 Å². The van der Waals surface area contributed by atoms with Crippen molar-refractivity contribution in [2.45, 2.75) is 70.8 Å². The van der Waals surface area contributed by atoms with Crippen LogP contribution in [0.5, 0.6) is 0 Å². The topological polar surface area (TPSA) is 87.1 Å². The molecular weight excluding hydrogens is 485 g/mol. The van der Waals surface area contributed by atoms with Crippen molar-refractivity contribution in [3.63, 3.8) is 0 Å². The van der Waals surface area contributed by atoms with E-state index in [0.717, 1.165) is 47.9 Å². The van der Waals surface area contributed by atoms with Crippen molar-refractivity contribution >= 4 is 22.7 Å². The molecule has 37 heavy (non-hydrogen) atoms.